The van der Waals surface area contributed by atoms with Gasteiger partial charge in [-0.15, -0.1) is 0 Å². The maximum atomic E-state index is 14.0. The SMILES string of the molecule is COC1CNCCN1N(c1ccccc1)c1ncc(C(F)(F)F)c(Nc2ccn3c2C(=O)NCC3)n1. The van der Waals surface area contributed by atoms with Gasteiger partial charge in [-0.05, 0) is 18.2 Å². The number of benzene rings is 1. The number of alkyl halides is 3. The van der Waals surface area contributed by atoms with E-state index in [9.17, 15) is 18.0 Å². The van der Waals surface area contributed by atoms with Crippen molar-refractivity contribution in [3.63, 3.8) is 0 Å². The van der Waals surface area contributed by atoms with Crippen molar-refractivity contribution < 1.29 is 22.7 Å². The summed E-state index contributed by atoms with van der Waals surface area (Å²) in [6.07, 6.45) is -2.70. The number of halogens is 3. The molecule has 3 N–H and O–H groups in total. The van der Waals surface area contributed by atoms with Crippen LogP contribution in [0.3, 0.4) is 0 Å². The maximum absolute atomic E-state index is 14.0. The molecule has 1 aromatic carbocycles. The van der Waals surface area contributed by atoms with Crippen LogP contribution in [0.5, 0.6) is 0 Å². The summed E-state index contributed by atoms with van der Waals surface area (Å²) in [6.45, 7) is 2.63. The number of piperazine rings is 1. The number of hydrogen-bond donors (Lipinski definition) is 3. The average molecular weight is 503 g/mol. The van der Waals surface area contributed by atoms with E-state index in [1.54, 1.807) is 28.9 Å². The number of aromatic nitrogens is 3. The summed E-state index contributed by atoms with van der Waals surface area (Å²) in [6, 6.07) is 10.7. The van der Waals surface area contributed by atoms with Gasteiger partial charge in [0.15, 0.2) is 0 Å². The molecule has 2 aliphatic heterocycles. The van der Waals surface area contributed by atoms with Crippen molar-refractivity contribution >= 4 is 29.0 Å². The smallest absolute Gasteiger partial charge is 0.363 e. The number of ether oxygens (including phenoxy) is 1. The van der Waals surface area contributed by atoms with Crippen LogP contribution in [0.2, 0.25) is 0 Å². The van der Waals surface area contributed by atoms with Gasteiger partial charge >= 0.3 is 6.18 Å². The lowest BCUT2D eigenvalue weighted by Crippen LogP contribution is -2.58. The number of rotatable bonds is 6. The zero-order valence-corrected chi connectivity index (χ0v) is 19.4. The van der Waals surface area contributed by atoms with Gasteiger partial charge in [0.1, 0.15) is 23.3 Å². The van der Waals surface area contributed by atoms with Crippen LogP contribution >= 0.6 is 0 Å². The maximum Gasteiger partial charge on any atom is 0.421 e. The molecular formula is C23H25F3N8O2. The van der Waals surface area contributed by atoms with Crippen molar-refractivity contribution in [2.75, 3.05) is 43.6 Å². The minimum atomic E-state index is -4.72. The molecule has 1 saturated heterocycles. The highest BCUT2D eigenvalue weighted by Crippen LogP contribution is 2.37. The van der Waals surface area contributed by atoms with Crippen LogP contribution in [-0.2, 0) is 17.5 Å². The fourth-order valence-corrected chi connectivity index (χ4v) is 4.34. The third kappa shape index (κ3) is 4.59. The Labute approximate surface area is 205 Å². The first-order valence-electron chi connectivity index (χ1n) is 11.4. The Morgan fingerprint density at radius 2 is 1.97 bits per heavy atom. The third-order valence-corrected chi connectivity index (χ3v) is 6.04. The van der Waals surface area contributed by atoms with Crippen molar-refractivity contribution in [2.45, 2.75) is 18.9 Å². The number of para-hydroxylation sites is 1. The summed E-state index contributed by atoms with van der Waals surface area (Å²) in [5.74, 6) is -0.797. The summed E-state index contributed by atoms with van der Waals surface area (Å²) in [5.41, 5.74) is 0.0911. The van der Waals surface area contributed by atoms with Crippen molar-refractivity contribution in [1.29, 1.82) is 0 Å². The van der Waals surface area contributed by atoms with Gasteiger partial charge in [0.05, 0.1) is 11.4 Å². The fraction of sp³-hybridized carbons (Fsp3) is 0.348. The van der Waals surface area contributed by atoms with Gasteiger partial charge in [-0.1, -0.05) is 18.2 Å². The first kappa shape index (κ1) is 24.0. The van der Waals surface area contributed by atoms with E-state index in [1.807, 2.05) is 35.3 Å². The molecule has 1 atom stereocenters. The van der Waals surface area contributed by atoms with E-state index in [-0.39, 0.29) is 23.2 Å². The molecule has 190 valence electrons. The second-order valence-electron chi connectivity index (χ2n) is 8.29. The number of methoxy groups -OCH3 is 1. The molecule has 4 heterocycles. The summed E-state index contributed by atoms with van der Waals surface area (Å²) in [5, 5.41) is 12.2. The van der Waals surface area contributed by atoms with E-state index in [0.717, 1.165) is 6.20 Å². The van der Waals surface area contributed by atoms with Crippen LogP contribution in [0.25, 0.3) is 0 Å². The molecular weight excluding hydrogens is 477 g/mol. The molecule has 1 unspecified atom stereocenters. The number of carbonyl (C=O) groups excluding carboxylic acids is 1. The number of nitrogens with one attached hydrogen (secondary N) is 3. The highest BCUT2D eigenvalue weighted by Gasteiger charge is 2.37. The monoisotopic (exact) mass is 502 g/mol. The van der Waals surface area contributed by atoms with Crippen LogP contribution in [-0.4, -0.2) is 65.0 Å². The van der Waals surface area contributed by atoms with Gasteiger partial charge in [-0.2, -0.15) is 23.2 Å². The highest BCUT2D eigenvalue weighted by atomic mass is 19.4. The Balaban J connectivity index is 1.60. The predicted octanol–water partition coefficient (Wildman–Crippen LogP) is 2.71. The van der Waals surface area contributed by atoms with Gasteiger partial charge in [-0.3, -0.25) is 4.79 Å². The van der Waals surface area contributed by atoms with E-state index in [4.69, 9.17) is 4.74 Å². The molecule has 36 heavy (non-hydrogen) atoms. The molecule has 2 aromatic heterocycles. The summed E-state index contributed by atoms with van der Waals surface area (Å²) < 4.78 is 49.2. The molecule has 1 fully saturated rings. The summed E-state index contributed by atoms with van der Waals surface area (Å²) in [4.78, 5) is 20.9. The zero-order chi connectivity index (χ0) is 25.3. The minimum absolute atomic E-state index is 0.0261. The van der Waals surface area contributed by atoms with E-state index < -0.39 is 23.8 Å². The molecule has 0 bridgehead atoms. The topological polar surface area (TPSA) is 99.6 Å². The second-order valence-corrected chi connectivity index (χ2v) is 8.29. The van der Waals surface area contributed by atoms with Crippen molar-refractivity contribution in [1.82, 2.24) is 30.2 Å². The average Bonchev–Trinajstić information content (AvgIpc) is 3.28. The van der Waals surface area contributed by atoms with Gasteiger partial charge in [0.2, 0.25) is 5.95 Å². The zero-order valence-electron chi connectivity index (χ0n) is 19.4. The van der Waals surface area contributed by atoms with E-state index in [0.29, 0.717) is 38.4 Å². The Morgan fingerprint density at radius 1 is 1.17 bits per heavy atom. The van der Waals surface area contributed by atoms with Crippen molar-refractivity contribution in [2.24, 2.45) is 0 Å². The number of amides is 1. The molecule has 0 aliphatic carbocycles. The predicted molar refractivity (Wildman–Crippen MR) is 126 cm³/mol. The first-order chi connectivity index (χ1) is 17.4. The normalized spacial score (nSPS) is 18.4. The lowest BCUT2D eigenvalue weighted by molar-refractivity contribution is -0.137. The van der Waals surface area contributed by atoms with Gasteiger partial charge < -0.3 is 25.3 Å². The van der Waals surface area contributed by atoms with Crippen LogP contribution in [0.1, 0.15) is 16.1 Å². The standard InChI is InChI=1S/C23H25F3N8O2/c1-36-18-14-27-8-12-33(18)34(15-5-3-2-4-6-15)22-29-13-16(23(24,25)26)20(31-22)30-17-7-10-32-11-9-28-21(35)19(17)32/h2-7,10,13,18,27H,8-9,11-12,14H2,1H3,(H,28,35)(H,29,30,31). The Morgan fingerprint density at radius 3 is 2.72 bits per heavy atom. The number of carbonyl (C=O) groups is 1. The molecule has 13 heteroatoms. The number of anilines is 4. The minimum Gasteiger partial charge on any atom is -0.363 e. The van der Waals surface area contributed by atoms with Crippen LogP contribution in [0.15, 0.2) is 48.8 Å². The van der Waals surface area contributed by atoms with E-state index >= 15 is 0 Å². The molecule has 2 aliphatic rings. The van der Waals surface area contributed by atoms with Gasteiger partial charge in [0.25, 0.3) is 5.91 Å². The van der Waals surface area contributed by atoms with Crippen molar-refractivity contribution in [3.05, 3.63) is 60.0 Å². The molecule has 1 amide bonds. The van der Waals surface area contributed by atoms with E-state index in [1.165, 1.54) is 0 Å². The highest BCUT2D eigenvalue weighted by molar-refractivity contribution is 5.99. The van der Waals surface area contributed by atoms with Gasteiger partial charge in [-0.25, -0.2) is 9.99 Å². The van der Waals surface area contributed by atoms with Gasteiger partial charge in [0, 0.05) is 52.2 Å². The molecule has 0 saturated carbocycles. The van der Waals surface area contributed by atoms with Crippen LogP contribution in [0, 0.1) is 0 Å². The van der Waals surface area contributed by atoms with Crippen LogP contribution in [0.4, 0.5) is 36.3 Å². The first-order valence-corrected chi connectivity index (χ1v) is 11.4. The lowest BCUT2D eigenvalue weighted by atomic mass is 10.2. The Kier molecular flexibility index (Phi) is 6.51. The second kappa shape index (κ2) is 9.76. The molecule has 10 nitrogen and oxygen atoms in total. The van der Waals surface area contributed by atoms with Crippen LogP contribution < -0.4 is 21.0 Å². The third-order valence-electron chi connectivity index (χ3n) is 6.04. The molecule has 3 aromatic rings. The Hall–Kier alpha value is -3.68. The summed E-state index contributed by atoms with van der Waals surface area (Å²) >= 11 is 0. The lowest BCUT2D eigenvalue weighted by Gasteiger charge is -2.42. The van der Waals surface area contributed by atoms with Crippen molar-refractivity contribution in [3.8, 4) is 0 Å². The van der Waals surface area contributed by atoms with E-state index in [2.05, 4.69) is 25.9 Å². The number of nitrogens with zero attached hydrogens (tertiary/aromatic N) is 5. The molecule has 5 rings (SSSR count). The largest absolute Gasteiger partial charge is 0.421 e. The Bertz CT molecular complexity index is 1230. The summed E-state index contributed by atoms with van der Waals surface area (Å²) in [7, 11) is 1.57. The fourth-order valence-electron chi connectivity index (χ4n) is 4.34. The number of fused-ring (bicyclic) bond motifs is 1. The quantitative estimate of drug-likeness (QED) is 0.473. The molecule has 0 spiro atoms. The number of hydrazine groups is 1. The number of hydrogen-bond acceptors (Lipinski definition) is 8. The molecule has 0 radical (unpaired) electrons.